The Kier molecular flexibility index (Phi) is 7.21. The predicted molar refractivity (Wildman–Crippen MR) is 92.6 cm³/mol. The van der Waals surface area contributed by atoms with Gasteiger partial charge >= 0.3 is 0 Å². The number of amides is 1. The van der Waals surface area contributed by atoms with Gasteiger partial charge in [-0.05, 0) is 36.7 Å². The van der Waals surface area contributed by atoms with Gasteiger partial charge in [-0.1, -0.05) is 30.3 Å². The van der Waals surface area contributed by atoms with Crippen molar-refractivity contribution < 1.29 is 13.6 Å². The Labute approximate surface area is 144 Å². The first-order chi connectivity index (χ1) is 11.6. The molecule has 24 heavy (non-hydrogen) atoms. The van der Waals surface area contributed by atoms with Crippen LogP contribution in [-0.4, -0.2) is 29.6 Å². The van der Waals surface area contributed by atoms with E-state index in [4.69, 9.17) is 5.73 Å². The van der Waals surface area contributed by atoms with E-state index in [0.29, 0.717) is 31.0 Å². The van der Waals surface area contributed by atoms with E-state index in [0.717, 1.165) is 17.7 Å². The summed E-state index contributed by atoms with van der Waals surface area (Å²) in [6, 6.07) is 13.4. The van der Waals surface area contributed by atoms with Crippen molar-refractivity contribution in [2.75, 3.05) is 18.8 Å². The van der Waals surface area contributed by atoms with E-state index in [2.05, 4.69) is 0 Å². The van der Waals surface area contributed by atoms with Crippen LogP contribution in [0, 0.1) is 11.6 Å². The third-order valence-corrected chi connectivity index (χ3v) is 4.43. The van der Waals surface area contributed by atoms with Crippen LogP contribution in [0.2, 0.25) is 0 Å². The van der Waals surface area contributed by atoms with Crippen molar-refractivity contribution in [1.29, 1.82) is 0 Å². The van der Waals surface area contributed by atoms with Gasteiger partial charge in [-0.2, -0.15) is 0 Å². The number of nitrogens with two attached hydrogens (primary N) is 1. The lowest BCUT2D eigenvalue weighted by Gasteiger charge is -2.22. The van der Waals surface area contributed by atoms with Crippen molar-refractivity contribution in [2.45, 2.75) is 17.9 Å². The second-order valence-corrected chi connectivity index (χ2v) is 6.36. The Bertz CT molecular complexity index is 667. The maximum absolute atomic E-state index is 13.2. The fourth-order valence-corrected chi connectivity index (χ4v) is 3.00. The summed E-state index contributed by atoms with van der Waals surface area (Å²) < 4.78 is 26.2. The van der Waals surface area contributed by atoms with Crippen molar-refractivity contribution >= 4 is 17.7 Å². The average molecular weight is 350 g/mol. The number of thioether (sulfide) groups is 1. The lowest BCUT2D eigenvalue weighted by Crippen LogP contribution is -2.33. The SMILES string of the molecule is NCCCN(Cc1ccccc1)C(=O)CSc1ccc(F)c(F)c1. The highest BCUT2D eigenvalue weighted by molar-refractivity contribution is 8.00. The molecule has 0 bridgehead atoms. The molecule has 2 aromatic rings. The van der Waals surface area contributed by atoms with Crippen molar-refractivity contribution in [3.8, 4) is 0 Å². The molecular formula is C18H20F2N2OS. The van der Waals surface area contributed by atoms with Gasteiger partial charge in [0.05, 0.1) is 5.75 Å². The Morgan fingerprint density at radius 1 is 1.08 bits per heavy atom. The number of rotatable bonds is 8. The van der Waals surface area contributed by atoms with Crippen molar-refractivity contribution in [3.63, 3.8) is 0 Å². The van der Waals surface area contributed by atoms with Gasteiger partial charge in [-0.25, -0.2) is 8.78 Å². The molecule has 0 saturated heterocycles. The topological polar surface area (TPSA) is 46.3 Å². The molecular weight excluding hydrogens is 330 g/mol. The normalized spacial score (nSPS) is 10.6. The van der Waals surface area contributed by atoms with E-state index in [-0.39, 0.29) is 11.7 Å². The summed E-state index contributed by atoms with van der Waals surface area (Å²) in [6.07, 6.45) is 0.717. The summed E-state index contributed by atoms with van der Waals surface area (Å²) in [4.78, 5) is 14.7. The number of carbonyl (C=O) groups is 1. The zero-order chi connectivity index (χ0) is 17.4. The summed E-state index contributed by atoms with van der Waals surface area (Å²) in [5, 5.41) is 0. The molecule has 6 heteroatoms. The number of benzene rings is 2. The molecule has 128 valence electrons. The second-order valence-electron chi connectivity index (χ2n) is 5.31. The molecule has 0 aliphatic rings. The molecule has 0 unspecified atom stereocenters. The molecule has 2 N–H and O–H groups in total. The van der Waals surface area contributed by atoms with Crippen LogP contribution in [0.25, 0.3) is 0 Å². The number of hydrogen-bond donors (Lipinski definition) is 1. The van der Waals surface area contributed by atoms with Gasteiger partial charge < -0.3 is 10.6 Å². The highest BCUT2D eigenvalue weighted by Crippen LogP contribution is 2.21. The minimum absolute atomic E-state index is 0.0537. The van der Waals surface area contributed by atoms with Gasteiger partial charge in [0.25, 0.3) is 0 Å². The number of carbonyl (C=O) groups excluding carboxylic acids is 1. The van der Waals surface area contributed by atoms with Crippen LogP contribution in [0.4, 0.5) is 8.78 Å². The molecule has 0 heterocycles. The summed E-state index contributed by atoms with van der Waals surface area (Å²) >= 11 is 1.19. The van der Waals surface area contributed by atoms with E-state index >= 15 is 0 Å². The van der Waals surface area contributed by atoms with Gasteiger partial charge in [-0.15, -0.1) is 11.8 Å². The molecule has 0 fully saturated rings. The highest BCUT2D eigenvalue weighted by Gasteiger charge is 2.14. The van der Waals surface area contributed by atoms with Gasteiger partial charge in [0.15, 0.2) is 11.6 Å². The largest absolute Gasteiger partial charge is 0.338 e. The molecule has 2 aromatic carbocycles. The molecule has 0 aliphatic heterocycles. The minimum atomic E-state index is -0.906. The molecule has 0 aliphatic carbocycles. The molecule has 0 saturated carbocycles. The van der Waals surface area contributed by atoms with Crippen LogP contribution >= 0.6 is 11.8 Å². The van der Waals surface area contributed by atoms with E-state index in [9.17, 15) is 13.6 Å². The first-order valence-electron chi connectivity index (χ1n) is 7.70. The monoisotopic (exact) mass is 350 g/mol. The molecule has 0 radical (unpaired) electrons. The predicted octanol–water partition coefficient (Wildman–Crippen LogP) is 3.43. The molecule has 3 nitrogen and oxygen atoms in total. The van der Waals surface area contributed by atoms with Crippen LogP contribution in [0.15, 0.2) is 53.4 Å². The number of nitrogens with zero attached hydrogens (tertiary/aromatic N) is 1. The fraction of sp³-hybridized carbons (Fsp3) is 0.278. The van der Waals surface area contributed by atoms with Crippen molar-refractivity contribution in [1.82, 2.24) is 4.90 Å². The summed E-state index contributed by atoms with van der Waals surface area (Å²) in [6.45, 7) is 1.59. The van der Waals surface area contributed by atoms with Crippen LogP contribution in [-0.2, 0) is 11.3 Å². The van der Waals surface area contributed by atoms with Gasteiger partial charge in [0, 0.05) is 18.0 Å². The van der Waals surface area contributed by atoms with E-state index in [1.54, 1.807) is 4.90 Å². The third kappa shape index (κ3) is 5.62. The zero-order valence-corrected chi connectivity index (χ0v) is 14.1. The fourth-order valence-electron chi connectivity index (χ4n) is 2.18. The van der Waals surface area contributed by atoms with E-state index < -0.39 is 11.6 Å². The molecule has 0 atom stereocenters. The number of halogens is 2. The Morgan fingerprint density at radius 3 is 2.50 bits per heavy atom. The molecule has 0 aromatic heterocycles. The zero-order valence-electron chi connectivity index (χ0n) is 13.3. The average Bonchev–Trinajstić information content (AvgIpc) is 2.60. The van der Waals surface area contributed by atoms with Gasteiger partial charge in [0.1, 0.15) is 0 Å². The van der Waals surface area contributed by atoms with Crippen LogP contribution in [0.3, 0.4) is 0 Å². The van der Waals surface area contributed by atoms with Crippen LogP contribution in [0.5, 0.6) is 0 Å². The van der Waals surface area contributed by atoms with Crippen molar-refractivity contribution in [3.05, 3.63) is 65.7 Å². The highest BCUT2D eigenvalue weighted by atomic mass is 32.2. The maximum Gasteiger partial charge on any atom is 0.233 e. The Hall–Kier alpha value is -1.92. The first kappa shape index (κ1) is 18.4. The smallest absolute Gasteiger partial charge is 0.233 e. The molecule has 1 amide bonds. The molecule has 0 spiro atoms. The second kappa shape index (κ2) is 9.39. The van der Waals surface area contributed by atoms with E-state index in [1.807, 2.05) is 30.3 Å². The maximum atomic E-state index is 13.2. The van der Waals surface area contributed by atoms with Crippen LogP contribution < -0.4 is 5.73 Å². The van der Waals surface area contributed by atoms with Crippen LogP contribution in [0.1, 0.15) is 12.0 Å². The summed E-state index contributed by atoms with van der Waals surface area (Å²) in [5.41, 5.74) is 6.59. The third-order valence-electron chi connectivity index (χ3n) is 3.45. The lowest BCUT2D eigenvalue weighted by atomic mass is 10.2. The lowest BCUT2D eigenvalue weighted by molar-refractivity contribution is -0.129. The summed E-state index contributed by atoms with van der Waals surface area (Å²) in [5.74, 6) is -1.68. The quantitative estimate of drug-likeness (QED) is 0.742. The first-order valence-corrected chi connectivity index (χ1v) is 8.68. The van der Waals surface area contributed by atoms with Gasteiger partial charge in [0.2, 0.25) is 5.91 Å². The Morgan fingerprint density at radius 2 is 1.83 bits per heavy atom. The summed E-state index contributed by atoms with van der Waals surface area (Å²) in [7, 11) is 0. The number of hydrogen-bond acceptors (Lipinski definition) is 3. The molecule has 2 rings (SSSR count). The standard InChI is InChI=1S/C18H20F2N2OS/c19-16-8-7-15(11-17(16)20)24-13-18(23)22(10-4-9-21)12-14-5-2-1-3-6-14/h1-3,5-8,11H,4,9-10,12-13,21H2. The van der Waals surface area contributed by atoms with E-state index in [1.165, 1.54) is 17.8 Å². The van der Waals surface area contributed by atoms with Crippen molar-refractivity contribution in [2.24, 2.45) is 5.73 Å². The Balaban J connectivity index is 1.97. The minimum Gasteiger partial charge on any atom is -0.338 e. The van der Waals surface area contributed by atoms with Gasteiger partial charge in [-0.3, -0.25) is 4.79 Å².